The summed E-state index contributed by atoms with van der Waals surface area (Å²) in [6.45, 7) is 0. The van der Waals surface area contributed by atoms with Crippen molar-refractivity contribution in [1.82, 2.24) is 0 Å². The number of hydrogen-bond acceptors (Lipinski definition) is 8. The molecule has 8 nitrogen and oxygen atoms in total. The average molecular weight is 360 g/mol. The molecule has 0 saturated carbocycles. The minimum Gasteiger partial charge on any atom is 2.00 e. The van der Waals surface area contributed by atoms with Gasteiger partial charge in [-0.25, -0.2) is 0 Å². The van der Waals surface area contributed by atoms with E-state index in [1.807, 2.05) is 0 Å². The molecule has 64 valence electrons. The Labute approximate surface area is 139 Å². The van der Waals surface area contributed by atoms with E-state index in [1.54, 1.807) is 0 Å². The third kappa shape index (κ3) is 223. The molecule has 0 aliphatic carbocycles. The molecule has 0 aromatic heterocycles. The maximum absolute atomic E-state index is 8.59. The summed E-state index contributed by atoms with van der Waals surface area (Å²) in [6, 6.07) is 0. The van der Waals surface area contributed by atoms with E-state index in [0.29, 0.717) is 0 Å². The largest absolute Gasteiger partial charge is 2.00 e. The van der Waals surface area contributed by atoms with Crippen LogP contribution < -0.4 is 16.6 Å². The van der Waals surface area contributed by atoms with Gasteiger partial charge in [-0.05, 0) is 0 Å². The van der Waals surface area contributed by atoms with Gasteiger partial charge >= 0.3 is 142 Å². The van der Waals surface area contributed by atoms with Gasteiger partial charge in [0.25, 0.3) is 0 Å². The van der Waals surface area contributed by atoms with Crippen molar-refractivity contribution in [2.24, 2.45) is 0 Å². The molecule has 0 N–H and O–H groups in total. The topological polar surface area (TPSA) is 161 Å². The van der Waals surface area contributed by atoms with Crippen molar-refractivity contribution < 1.29 is 59.1 Å². The first-order valence-corrected chi connectivity index (χ1v) is 5.50. The molecule has 0 radical (unpaired) electrons. The van der Waals surface area contributed by atoms with Crippen LogP contribution in [0.4, 0.5) is 0 Å². The first kappa shape index (κ1) is 24.2. The Morgan fingerprint density at radius 1 is 0.667 bits per heavy atom. The van der Waals surface area contributed by atoms with Crippen molar-refractivity contribution in [3.05, 3.63) is 0 Å². The molecule has 0 unspecified atom stereocenters. The van der Waals surface area contributed by atoms with Crippen molar-refractivity contribution in [1.29, 1.82) is 0 Å². The number of rotatable bonds is 0. The Kier molecular flexibility index (Phi) is 20.9. The Balaban J connectivity index is -0.0000000457. The summed E-state index contributed by atoms with van der Waals surface area (Å²) in [7, 11) is 0. The van der Waals surface area contributed by atoms with Gasteiger partial charge in [0.15, 0.2) is 0 Å². The molecule has 0 amide bonds. The normalized spacial score (nSPS) is 9.67. The summed E-state index contributed by atoms with van der Waals surface area (Å²) in [5.74, 6) is 0. The van der Waals surface area contributed by atoms with Gasteiger partial charge in [0.2, 0.25) is 0 Å². The standard InChI is InChI=1S/Ca.2Cr.8O.Sr/q+2;;;;;;;4*-1;+2. The maximum atomic E-state index is 8.59. The predicted molar refractivity (Wildman–Crippen MR) is 14.3 cm³/mol. The van der Waals surface area contributed by atoms with Gasteiger partial charge in [-0.15, -0.1) is 0 Å². The molecule has 0 bridgehead atoms. The molecule has 12 heteroatoms. The van der Waals surface area contributed by atoms with Crippen LogP contribution >= 0.6 is 0 Å². The monoisotopic (exact) mass is 360 g/mol. The van der Waals surface area contributed by atoms with Gasteiger partial charge in [-0.1, -0.05) is 0 Å². The van der Waals surface area contributed by atoms with E-state index >= 15 is 0 Å². The third-order valence-corrected chi connectivity index (χ3v) is 0. The van der Waals surface area contributed by atoms with Gasteiger partial charge in [-0.2, -0.15) is 0 Å². The smallest absolute Gasteiger partial charge is 2.00 e. The second-order valence-corrected chi connectivity index (χ2v) is 3.37. The quantitative estimate of drug-likeness (QED) is 0.386. The minimum absolute atomic E-state index is 0. The summed E-state index contributed by atoms with van der Waals surface area (Å²) in [5.41, 5.74) is 0. The van der Waals surface area contributed by atoms with Gasteiger partial charge in [-0.3, -0.25) is 0 Å². The fourth-order valence-electron chi connectivity index (χ4n) is 0. The van der Waals surface area contributed by atoms with E-state index in [0.717, 1.165) is 0 Å². The Hall–Kier alpha value is 2.85. The maximum Gasteiger partial charge on any atom is 2.00 e. The first-order chi connectivity index (χ1) is 4.00. The zero-order chi connectivity index (χ0) is 9.00. The van der Waals surface area contributed by atoms with Gasteiger partial charge in [0.05, 0.1) is 0 Å². The molecule has 0 atom stereocenters. The van der Waals surface area contributed by atoms with Crippen LogP contribution in [0.5, 0.6) is 0 Å². The molecule has 0 rings (SSSR count). The van der Waals surface area contributed by atoms with Crippen LogP contribution in [0, 0.1) is 0 Å². The van der Waals surface area contributed by atoms with E-state index < -0.39 is 27.2 Å². The first-order valence-electron chi connectivity index (χ1n) is 1.33. The van der Waals surface area contributed by atoms with Crippen molar-refractivity contribution >= 4 is 83.2 Å². The molecule has 0 fully saturated rings. The van der Waals surface area contributed by atoms with Crippen molar-refractivity contribution in [3.8, 4) is 0 Å². The zero-order valence-corrected chi connectivity index (χ0v) is 13.7. The van der Waals surface area contributed by atoms with Crippen LogP contribution in [0.3, 0.4) is 0 Å². The van der Waals surface area contributed by atoms with E-state index in [1.165, 1.54) is 0 Å². The molecule has 0 aliphatic heterocycles. The summed E-state index contributed by atoms with van der Waals surface area (Å²) in [4.78, 5) is 0. The van der Waals surface area contributed by atoms with Gasteiger partial charge < -0.3 is 0 Å². The summed E-state index contributed by atoms with van der Waals surface area (Å²) in [6.07, 6.45) is 0. The molecule has 0 aromatic carbocycles. The van der Waals surface area contributed by atoms with Gasteiger partial charge in [0, 0.05) is 0 Å². The van der Waals surface area contributed by atoms with Crippen molar-refractivity contribution in [3.63, 3.8) is 0 Å². The van der Waals surface area contributed by atoms with E-state index in [9.17, 15) is 0 Å². The summed E-state index contributed by atoms with van der Waals surface area (Å²) in [5, 5.41) is 0. The van der Waals surface area contributed by atoms with Crippen LogP contribution in [-0.4, -0.2) is 83.2 Å². The number of hydrogen-bond donors (Lipinski definition) is 0. The third-order valence-electron chi connectivity index (χ3n) is 0. The van der Waals surface area contributed by atoms with Crippen LogP contribution in [-0.2, 0) is 42.4 Å². The fraction of sp³-hybridized carbons (Fsp3) is 0. The molecular formula is CaCr2O8Sr. The zero-order valence-electron chi connectivity index (χ0n) is 5.50. The van der Waals surface area contributed by atoms with Crippen LogP contribution in [0.2, 0.25) is 0 Å². The van der Waals surface area contributed by atoms with E-state index in [-0.39, 0.29) is 83.2 Å². The SMILES string of the molecule is [Ca+2].[O]=[Cr](=[O])([O-])[O-].[O]=[Cr](=[O])([O-])[O-].[Sr+2]. The van der Waals surface area contributed by atoms with Crippen molar-refractivity contribution in [2.75, 3.05) is 0 Å². The molecular weight excluding hydrogens is 360 g/mol. The minimum atomic E-state index is -5.75. The van der Waals surface area contributed by atoms with Crippen LogP contribution in [0.15, 0.2) is 0 Å². The molecule has 0 heterocycles. The predicted octanol–water partition coefficient (Wildman–Crippen LogP) is -6.00. The molecule has 0 aliphatic rings. The summed E-state index contributed by atoms with van der Waals surface area (Å²) >= 11 is -11.5. The molecule has 12 heavy (non-hydrogen) atoms. The Morgan fingerprint density at radius 3 is 0.667 bits per heavy atom. The van der Waals surface area contributed by atoms with E-state index in [2.05, 4.69) is 0 Å². The molecule has 0 spiro atoms. The van der Waals surface area contributed by atoms with E-state index in [4.69, 9.17) is 31.8 Å². The summed E-state index contributed by atoms with van der Waals surface area (Å²) < 4.78 is 68.8. The molecule has 0 aromatic rings. The average Bonchev–Trinajstić information content (AvgIpc) is 1.12. The second-order valence-electron chi connectivity index (χ2n) is 0.816. The Morgan fingerprint density at radius 2 is 0.667 bits per heavy atom. The Bertz CT molecular complexity index is 213. The van der Waals surface area contributed by atoms with Crippen LogP contribution in [0.1, 0.15) is 0 Å². The van der Waals surface area contributed by atoms with Crippen molar-refractivity contribution in [2.45, 2.75) is 0 Å². The van der Waals surface area contributed by atoms with Gasteiger partial charge in [0.1, 0.15) is 0 Å². The second kappa shape index (κ2) is 10.4. The molecule has 0 saturated heterocycles. The fourth-order valence-corrected chi connectivity index (χ4v) is 0. The van der Waals surface area contributed by atoms with Crippen LogP contribution in [0.25, 0.3) is 0 Å².